The predicted molar refractivity (Wildman–Crippen MR) is 95.5 cm³/mol. The molecule has 124 valence electrons. The number of anilines is 2. The topological polar surface area (TPSA) is 74.3 Å². The van der Waals surface area contributed by atoms with Crippen LogP contribution in [0.1, 0.15) is 5.56 Å². The first-order valence-corrected chi connectivity index (χ1v) is 7.46. The van der Waals surface area contributed by atoms with Crippen LogP contribution >= 0.6 is 0 Å². The number of aromatic nitrogens is 1. The smallest absolute Gasteiger partial charge is 0.248 e. The van der Waals surface area contributed by atoms with Gasteiger partial charge in [0.1, 0.15) is 0 Å². The second kappa shape index (κ2) is 8.59. The van der Waals surface area contributed by atoms with Crippen LogP contribution in [0.15, 0.2) is 54.9 Å². The highest BCUT2D eigenvalue weighted by atomic mass is 16.2. The summed E-state index contributed by atoms with van der Waals surface area (Å²) in [7, 11) is 3.66. The molecule has 1 heterocycles. The summed E-state index contributed by atoms with van der Waals surface area (Å²) < 4.78 is 0. The molecule has 6 heteroatoms. The lowest BCUT2D eigenvalue weighted by atomic mass is 10.2. The fourth-order valence-electron chi connectivity index (χ4n) is 1.96. The fraction of sp³-hybridized carbons (Fsp3) is 0.167. The lowest BCUT2D eigenvalue weighted by Gasteiger charge is -2.10. The van der Waals surface area contributed by atoms with E-state index in [0.29, 0.717) is 17.9 Å². The van der Waals surface area contributed by atoms with Gasteiger partial charge >= 0.3 is 0 Å². The summed E-state index contributed by atoms with van der Waals surface area (Å²) in [6.07, 6.45) is 6.49. The molecule has 0 fully saturated rings. The molecule has 0 aliphatic heterocycles. The summed E-state index contributed by atoms with van der Waals surface area (Å²) in [6, 6.07) is 10.6. The van der Waals surface area contributed by atoms with Crippen molar-refractivity contribution in [3.8, 4) is 0 Å². The fourth-order valence-corrected chi connectivity index (χ4v) is 1.96. The second-order valence-electron chi connectivity index (χ2n) is 5.47. The highest BCUT2D eigenvalue weighted by Gasteiger charge is 2.04. The average Bonchev–Trinajstić information content (AvgIpc) is 2.55. The van der Waals surface area contributed by atoms with Crippen molar-refractivity contribution in [1.82, 2.24) is 9.88 Å². The number of nitrogens with one attached hydrogen (secondary N) is 2. The van der Waals surface area contributed by atoms with Crippen LogP contribution in [0, 0.1) is 0 Å². The third kappa shape index (κ3) is 6.02. The number of benzene rings is 1. The molecule has 0 saturated carbocycles. The van der Waals surface area contributed by atoms with Crippen molar-refractivity contribution in [3.05, 3.63) is 60.4 Å². The number of hydrogen-bond donors (Lipinski definition) is 2. The molecule has 2 amide bonds. The van der Waals surface area contributed by atoms with Crippen LogP contribution in [0.3, 0.4) is 0 Å². The van der Waals surface area contributed by atoms with Crippen LogP contribution in [0.5, 0.6) is 0 Å². The molecule has 1 aromatic carbocycles. The summed E-state index contributed by atoms with van der Waals surface area (Å²) in [5.41, 5.74) is 2.19. The van der Waals surface area contributed by atoms with Crippen LogP contribution in [0.2, 0.25) is 0 Å². The normalized spacial score (nSPS) is 10.8. The minimum absolute atomic E-state index is 0.0869. The van der Waals surface area contributed by atoms with Crippen molar-refractivity contribution in [2.75, 3.05) is 31.3 Å². The first kappa shape index (κ1) is 17.4. The lowest BCUT2D eigenvalue weighted by molar-refractivity contribution is -0.116. The van der Waals surface area contributed by atoms with Gasteiger partial charge < -0.3 is 15.5 Å². The molecule has 1 aromatic heterocycles. The monoisotopic (exact) mass is 324 g/mol. The Morgan fingerprint density at radius 1 is 1.08 bits per heavy atom. The highest BCUT2D eigenvalue weighted by Crippen LogP contribution is 2.13. The minimum Gasteiger partial charge on any atom is -0.325 e. The van der Waals surface area contributed by atoms with E-state index in [4.69, 9.17) is 0 Å². The number of carbonyl (C=O) groups excluding carboxylic acids is 2. The van der Waals surface area contributed by atoms with E-state index in [1.165, 1.54) is 6.08 Å². The molecule has 2 N–H and O–H groups in total. The first-order valence-electron chi connectivity index (χ1n) is 7.46. The van der Waals surface area contributed by atoms with Crippen LogP contribution < -0.4 is 10.6 Å². The molecule has 2 aromatic rings. The maximum Gasteiger partial charge on any atom is 0.248 e. The van der Waals surface area contributed by atoms with Crippen LogP contribution in [0.25, 0.3) is 6.08 Å². The Balaban J connectivity index is 1.88. The summed E-state index contributed by atoms with van der Waals surface area (Å²) in [6.45, 7) is 0.317. The summed E-state index contributed by atoms with van der Waals surface area (Å²) in [4.78, 5) is 29.3. The van der Waals surface area contributed by atoms with E-state index < -0.39 is 0 Å². The molecule has 0 saturated heterocycles. The number of pyridine rings is 1. The Labute approximate surface area is 141 Å². The predicted octanol–water partition coefficient (Wildman–Crippen LogP) is 2.23. The number of nitrogens with zero attached hydrogens (tertiary/aromatic N) is 2. The highest BCUT2D eigenvalue weighted by molar-refractivity contribution is 6.02. The number of hydrogen-bond acceptors (Lipinski definition) is 4. The summed E-state index contributed by atoms with van der Waals surface area (Å²) in [5, 5.41) is 5.54. The van der Waals surface area contributed by atoms with E-state index in [0.717, 1.165) is 5.56 Å². The number of amides is 2. The Kier molecular flexibility index (Phi) is 6.22. The van der Waals surface area contributed by atoms with Gasteiger partial charge in [0, 0.05) is 29.8 Å². The Morgan fingerprint density at radius 2 is 1.75 bits per heavy atom. The van der Waals surface area contributed by atoms with Crippen LogP contribution in [-0.2, 0) is 9.59 Å². The molecule has 0 bridgehead atoms. The van der Waals surface area contributed by atoms with Crippen molar-refractivity contribution >= 4 is 29.3 Å². The van der Waals surface area contributed by atoms with Gasteiger partial charge in [-0.1, -0.05) is 6.07 Å². The van der Waals surface area contributed by atoms with Gasteiger partial charge in [0.15, 0.2) is 0 Å². The number of likely N-dealkylation sites (N-methyl/N-ethyl adjacent to an activating group) is 1. The first-order chi connectivity index (χ1) is 11.5. The van der Waals surface area contributed by atoms with Gasteiger partial charge in [-0.05, 0) is 56.1 Å². The zero-order valence-electron chi connectivity index (χ0n) is 13.7. The quantitative estimate of drug-likeness (QED) is 0.799. The molecule has 0 aliphatic rings. The van der Waals surface area contributed by atoms with Gasteiger partial charge in [-0.15, -0.1) is 0 Å². The summed E-state index contributed by atoms with van der Waals surface area (Å²) >= 11 is 0. The largest absolute Gasteiger partial charge is 0.325 e. The van der Waals surface area contributed by atoms with Crippen molar-refractivity contribution in [1.29, 1.82) is 0 Å². The lowest BCUT2D eigenvalue weighted by Crippen LogP contribution is -2.27. The molecule has 2 rings (SSSR count). The maximum atomic E-state index is 11.9. The molecule has 24 heavy (non-hydrogen) atoms. The zero-order chi connectivity index (χ0) is 17.4. The van der Waals surface area contributed by atoms with Gasteiger partial charge in [0.05, 0.1) is 6.54 Å². The van der Waals surface area contributed by atoms with Gasteiger partial charge in [-0.3, -0.25) is 14.6 Å². The van der Waals surface area contributed by atoms with Gasteiger partial charge in [-0.2, -0.15) is 0 Å². The van der Waals surface area contributed by atoms with Crippen molar-refractivity contribution < 1.29 is 9.59 Å². The van der Waals surface area contributed by atoms with Crippen molar-refractivity contribution in [2.24, 2.45) is 0 Å². The third-order valence-electron chi connectivity index (χ3n) is 3.01. The molecule has 0 radical (unpaired) electrons. The SMILES string of the molecule is CN(C)CC(=O)Nc1ccc(NC(=O)C=Cc2cccnc2)cc1. The number of rotatable bonds is 6. The van der Waals surface area contributed by atoms with E-state index in [1.54, 1.807) is 53.7 Å². The molecular weight excluding hydrogens is 304 g/mol. The van der Waals surface area contributed by atoms with Crippen molar-refractivity contribution in [3.63, 3.8) is 0 Å². The van der Waals surface area contributed by atoms with Gasteiger partial charge in [0.25, 0.3) is 0 Å². The Hall–Kier alpha value is -2.99. The third-order valence-corrected chi connectivity index (χ3v) is 3.01. The van der Waals surface area contributed by atoms with Crippen LogP contribution in [0.4, 0.5) is 11.4 Å². The van der Waals surface area contributed by atoms with Crippen molar-refractivity contribution in [2.45, 2.75) is 0 Å². The zero-order valence-corrected chi connectivity index (χ0v) is 13.7. The van der Waals surface area contributed by atoms with Crippen LogP contribution in [-0.4, -0.2) is 42.3 Å². The minimum atomic E-state index is -0.233. The van der Waals surface area contributed by atoms with E-state index in [1.807, 2.05) is 20.2 Å². The van der Waals surface area contributed by atoms with E-state index >= 15 is 0 Å². The molecule has 0 spiro atoms. The van der Waals surface area contributed by atoms with E-state index in [9.17, 15) is 9.59 Å². The molecule has 6 nitrogen and oxygen atoms in total. The molecule has 0 aliphatic carbocycles. The Morgan fingerprint density at radius 3 is 2.33 bits per heavy atom. The average molecular weight is 324 g/mol. The van der Waals surface area contributed by atoms with E-state index in [2.05, 4.69) is 15.6 Å². The maximum absolute atomic E-state index is 11.9. The molecule has 0 unspecified atom stereocenters. The number of carbonyl (C=O) groups is 2. The molecular formula is C18H20N4O2. The Bertz CT molecular complexity index is 710. The van der Waals surface area contributed by atoms with Gasteiger partial charge in [-0.25, -0.2) is 0 Å². The van der Waals surface area contributed by atoms with Gasteiger partial charge in [0.2, 0.25) is 11.8 Å². The second-order valence-corrected chi connectivity index (χ2v) is 5.47. The summed E-state index contributed by atoms with van der Waals surface area (Å²) in [5.74, 6) is -0.320. The standard InChI is InChI=1S/C18H20N4O2/c1-22(2)13-18(24)21-16-8-6-15(7-9-16)20-17(23)10-5-14-4-3-11-19-12-14/h3-12H,13H2,1-2H3,(H,20,23)(H,21,24). The molecule has 0 atom stereocenters. The van der Waals surface area contributed by atoms with E-state index in [-0.39, 0.29) is 11.8 Å².